The van der Waals surface area contributed by atoms with Crippen LogP contribution >= 0.6 is 0 Å². The van der Waals surface area contributed by atoms with Crippen LogP contribution in [0.25, 0.3) is 0 Å². The van der Waals surface area contributed by atoms with E-state index in [4.69, 9.17) is 4.74 Å². The molecule has 0 aliphatic rings. The molecular formula is C4H12NO+. The molecule has 0 aromatic rings. The molecule has 0 unspecified atom stereocenters. The van der Waals surface area contributed by atoms with E-state index >= 15 is 0 Å². The molecule has 0 heterocycles. The van der Waals surface area contributed by atoms with Crippen molar-refractivity contribution in [1.82, 2.24) is 0 Å². The average Bonchev–Trinajstić information content (AvgIpc) is 1.35. The highest BCUT2D eigenvalue weighted by molar-refractivity contribution is 4.34. The molecule has 1 atom stereocenters. The minimum absolute atomic E-state index is 0.426. The SMILES string of the molecule is COC[C@@H](C)[NH3+]. The van der Waals surface area contributed by atoms with Gasteiger partial charge in [0, 0.05) is 7.11 Å². The molecule has 2 nitrogen and oxygen atoms in total. The third-order valence-electron chi connectivity index (χ3n) is 0.451. The van der Waals surface area contributed by atoms with Crippen LogP contribution in [0.15, 0.2) is 0 Å². The van der Waals surface area contributed by atoms with Crippen molar-refractivity contribution in [2.75, 3.05) is 13.7 Å². The van der Waals surface area contributed by atoms with E-state index in [1.54, 1.807) is 7.11 Å². The van der Waals surface area contributed by atoms with E-state index in [9.17, 15) is 0 Å². The highest BCUT2D eigenvalue weighted by Crippen LogP contribution is 1.68. The lowest BCUT2D eigenvalue weighted by Gasteiger charge is -1.95. The third kappa shape index (κ3) is 3.92. The normalized spacial score (nSPS) is 14.5. The highest BCUT2D eigenvalue weighted by Gasteiger charge is 1.90. The Bertz CT molecular complexity index is 28.7. The second-order valence-corrected chi connectivity index (χ2v) is 1.56. The molecule has 6 heavy (non-hydrogen) atoms. The molecular weight excluding hydrogens is 78.0 g/mol. The van der Waals surface area contributed by atoms with Gasteiger partial charge in [0.2, 0.25) is 0 Å². The first-order valence-electron chi connectivity index (χ1n) is 2.09. The fourth-order valence-corrected chi connectivity index (χ4v) is 0.285. The fourth-order valence-electron chi connectivity index (χ4n) is 0.285. The maximum atomic E-state index is 4.74. The molecule has 3 N–H and O–H groups in total. The summed E-state index contributed by atoms with van der Waals surface area (Å²) in [7, 11) is 1.68. The van der Waals surface area contributed by atoms with Crippen LogP contribution in [0.1, 0.15) is 6.92 Å². The zero-order valence-electron chi connectivity index (χ0n) is 4.40. The molecule has 2 heteroatoms. The number of ether oxygens (including phenoxy) is 1. The van der Waals surface area contributed by atoms with Gasteiger partial charge in [0.1, 0.15) is 6.04 Å². The van der Waals surface area contributed by atoms with Crippen molar-refractivity contribution in [2.45, 2.75) is 13.0 Å². The van der Waals surface area contributed by atoms with E-state index in [1.807, 2.05) is 6.92 Å². The second kappa shape index (κ2) is 3.12. The van der Waals surface area contributed by atoms with Gasteiger partial charge in [-0.2, -0.15) is 0 Å². The molecule has 0 aliphatic carbocycles. The Labute approximate surface area is 38.3 Å². The Hall–Kier alpha value is -0.0800. The van der Waals surface area contributed by atoms with E-state index in [0.717, 1.165) is 6.61 Å². The summed E-state index contributed by atoms with van der Waals surface area (Å²) in [6.07, 6.45) is 0. The summed E-state index contributed by atoms with van der Waals surface area (Å²) in [4.78, 5) is 0. The molecule has 0 amide bonds. The van der Waals surface area contributed by atoms with Crippen LogP contribution in [0, 0.1) is 0 Å². The molecule has 0 saturated carbocycles. The first kappa shape index (κ1) is 5.92. The van der Waals surface area contributed by atoms with E-state index in [-0.39, 0.29) is 0 Å². The molecule has 0 radical (unpaired) electrons. The molecule has 0 aliphatic heterocycles. The molecule has 0 saturated heterocycles. The first-order chi connectivity index (χ1) is 2.77. The number of hydrogen-bond donors (Lipinski definition) is 1. The zero-order valence-corrected chi connectivity index (χ0v) is 4.40. The third-order valence-corrected chi connectivity index (χ3v) is 0.451. The summed E-state index contributed by atoms with van der Waals surface area (Å²) in [5.41, 5.74) is 3.70. The van der Waals surface area contributed by atoms with Gasteiger partial charge in [0.15, 0.2) is 0 Å². The monoisotopic (exact) mass is 90.1 g/mol. The Balaban J connectivity index is 2.63. The number of methoxy groups -OCH3 is 1. The molecule has 0 fully saturated rings. The van der Waals surface area contributed by atoms with Gasteiger partial charge in [-0.1, -0.05) is 0 Å². The highest BCUT2D eigenvalue weighted by atomic mass is 16.5. The van der Waals surface area contributed by atoms with Gasteiger partial charge in [-0.25, -0.2) is 0 Å². The summed E-state index contributed by atoms with van der Waals surface area (Å²) in [5.74, 6) is 0. The van der Waals surface area contributed by atoms with Crippen LogP contribution in [0.4, 0.5) is 0 Å². The Kier molecular flexibility index (Phi) is 3.08. The van der Waals surface area contributed by atoms with Gasteiger partial charge >= 0.3 is 0 Å². The standard InChI is InChI=1S/C4H11NO/c1-4(5)3-6-2/h4H,3,5H2,1-2H3/p+1/t4-/m1/s1. The lowest BCUT2D eigenvalue weighted by Crippen LogP contribution is -2.61. The first-order valence-corrected chi connectivity index (χ1v) is 2.09. The van der Waals surface area contributed by atoms with Crippen LogP contribution in [0.2, 0.25) is 0 Å². The minimum atomic E-state index is 0.426. The van der Waals surface area contributed by atoms with Crippen molar-refractivity contribution < 1.29 is 10.5 Å². The Morgan fingerprint density at radius 1 is 1.83 bits per heavy atom. The molecule has 0 aromatic carbocycles. The zero-order chi connectivity index (χ0) is 4.99. The second-order valence-electron chi connectivity index (χ2n) is 1.56. The number of quaternary nitrogens is 1. The van der Waals surface area contributed by atoms with E-state index in [2.05, 4.69) is 5.73 Å². The van der Waals surface area contributed by atoms with Crippen LogP contribution in [-0.4, -0.2) is 19.8 Å². The molecule has 0 spiro atoms. The Morgan fingerprint density at radius 3 is 2.33 bits per heavy atom. The van der Waals surface area contributed by atoms with Crippen molar-refractivity contribution in [2.24, 2.45) is 0 Å². The maximum Gasteiger partial charge on any atom is 0.105 e. The van der Waals surface area contributed by atoms with Crippen molar-refractivity contribution in [3.05, 3.63) is 0 Å². The van der Waals surface area contributed by atoms with Crippen molar-refractivity contribution >= 4 is 0 Å². The largest absolute Gasteiger partial charge is 0.379 e. The van der Waals surface area contributed by atoms with Gasteiger partial charge in [-0.05, 0) is 6.92 Å². The Morgan fingerprint density at radius 2 is 2.33 bits per heavy atom. The number of hydrogen-bond acceptors (Lipinski definition) is 1. The average molecular weight is 90.1 g/mol. The van der Waals surface area contributed by atoms with Crippen LogP contribution < -0.4 is 5.73 Å². The summed E-state index contributed by atoms with van der Waals surface area (Å²) in [6.45, 7) is 2.78. The van der Waals surface area contributed by atoms with Crippen molar-refractivity contribution in [3.8, 4) is 0 Å². The van der Waals surface area contributed by atoms with Crippen LogP contribution in [0.3, 0.4) is 0 Å². The van der Waals surface area contributed by atoms with Gasteiger partial charge in [0.05, 0.1) is 6.61 Å². The van der Waals surface area contributed by atoms with Crippen LogP contribution in [-0.2, 0) is 4.74 Å². The quantitative estimate of drug-likeness (QED) is 0.476. The summed E-state index contributed by atoms with van der Waals surface area (Å²) >= 11 is 0. The maximum absolute atomic E-state index is 4.74. The minimum Gasteiger partial charge on any atom is -0.379 e. The van der Waals surface area contributed by atoms with Gasteiger partial charge in [-0.15, -0.1) is 0 Å². The predicted octanol–water partition coefficient (Wildman–Crippen LogP) is -0.737. The molecule has 38 valence electrons. The summed E-state index contributed by atoms with van der Waals surface area (Å²) < 4.78 is 4.74. The summed E-state index contributed by atoms with van der Waals surface area (Å²) in [6, 6.07) is 0.426. The topological polar surface area (TPSA) is 36.9 Å². The summed E-state index contributed by atoms with van der Waals surface area (Å²) in [5, 5.41) is 0. The van der Waals surface area contributed by atoms with Gasteiger partial charge < -0.3 is 10.5 Å². The fraction of sp³-hybridized carbons (Fsp3) is 1.00. The van der Waals surface area contributed by atoms with Crippen molar-refractivity contribution in [3.63, 3.8) is 0 Å². The lowest BCUT2D eigenvalue weighted by molar-refractivity contribution is -0.420. The van der Waals surface area contributed by atoms with Crippen LogP contribution in [0.5, 0.6) is 0 Å². The van der Waals surface area contributed by atoms with Gasteiger partial charge in [-0.3, -0.25) is 0 Å². The smallest absolute Gasteiger partial charge is 0.105 e. The molecule has 0 bridgehead atoms. The van der Waals surface area contributed by atoms with E-state index in [0.29, 0.717) is 6.04 Å². The van der Waals surface area contributed by atoms with Crippen molar-refractivity contribution in [1.29, 1.82) is 0 Å². The van der Waals surface area contributed by atoms with E-state index < -0.39 is 0 Å². The lowest BCUT2D eigenvalue weighted by atomic mass is 10.4. The van der Waals surface area contributed by atoms with E-state index in [1.165, 1.54) is 0 Å². The molecule has 0 rings (SSSR count). The molecule has 0 aromatic heterocycles. The number of rotatable bonds is 2. The predicted molar refractivity (Wildman–Crippen MR) is 24.2 cm³/mol. The van der Waals surface area contributed by atoms with Gasteiger partial charge in [0.25, 0.3) is 0 Å².